The number of rotatable bonds is 4. The molecule has 0 unspecified atom stereocenters. The second kappa shape index (κ2) is 7.25. The minimum atomic E-state index is -0.180. The van der Waals surface area contributed by atoms with Crippen molar-refractivity contribution in [1.29, 1.82) is 5.26 Å². The molecule has 4 rings (SSSR count). The maximum Gasteiger partial charge on any atom is 0.204 e. The first kappa shape index (κ1) is 17.9. The number of aliphatic hydroxyl groups excluding tert-OH is 1. The highest BCUT2D eigenvalue weighted by Crippen LogP contribution is 2.22. The van der Waals surface area contributed by atoms with E-state index in [4.69, 9.17) is 0 Å². The second-order valence-corrected chi connectivity index (χ2v) is 6.98. The molecule has 2 aromatic carbocycles. The number of benzene rings is 2. The van der Waals surface area contributed by atoms with Gasteiger partial charge in [0.05, 0.1) is 11.0 Å². The van der Waals surface area contributed by atoms with Crippen molar-refractivity contribution in [3.05, 3.63) is 64.6 Å². The van der Waals surface area contributed by atoms with Gasteiger partial charge in [0.25, 0.3) is 0 Å². The summed E-state index contributed by atoms with van der Waals surface area (Å²) in [4.78, 5) is 5.70. The number of aliphatic hydroxyl groups is 1. The third kappa shape index (κ3) is 3.25. The number of aryl methyl sites for hydroxylation is 1. The summed E-state index contributed by atoms with van der Waals surface area (Å²) in [5.41, 5.74) is 2.49. The number of fused-ring (bicyclic) bond motifs is 1. The zero-order valence-electron chi connectivity index (χ0n) is 14.8. The van der Waals surface area contributed by atoms with Gasteiger partial charge < -0.3 is 9.67 Å². The van der Waals surface area contributed by atoms with Gasteiger partial charge in [-0.3, -0.25) is 0 Å². The summed E-state index contributed by atoms with van der Waals surface area (Å²) >= 11 is 3.38. The lowest BCUT2D eigenvalue weighted by atomic mass is 10.2. The molecule has 8 nitrogen and oxygen atoms in total. The Morgan fingerprint density at radius 2 is 1.93 bits per heavy atom. The summed E-state index contributed by atoms with van der Waals surface area (Å²) in [5, 5.41) is 32.4. The fourth-order valence-electron chi connectivity index (χ4n) is 2.85. The van der Waals surface area contributed by atoms with Gasteiger partial charge in [-0.15, -0.1) is 10.2 Å². The molecule has 0 bridgehead atoms. The summed E-state index contributed by atoms with van der Waals surface area (Å²) in [6.07, 6.45) is 0. The highest BCUT2D eigenvalue weighted by Gasteiger charge is 2.17. The van der Waals surface area contributed by atoms with Crippen LogP contribution in [0.5, 0.6) is 0 Å². The maximum atomic E-state index is 10.6. The topological polar surface area (TPSA) is 105 Å². The van der Waals surface area contributed by atoms with Gasteiger partial charge in [-0.25, -0.2) is 4.98 Å². The fraction of sp³-hybridized carbons (Fsp3) is 0.105. The third-order valence-electron chi connectivity index (χ3n) is 4.26. The predicted molar refractivity (Wildman–Crippen MR) is 107 cm³/mol. The van der Waals surface area contributed by atoms with Crippen LogP contribution in [0.3, 0.4) is 0 Å². The van der Waals surface area contributed by atoms with Crippen LogP contribution in [0, 0.1) is 11.3 Å². The highest BCUT2D eigenvalue weighted by molar-refractivity contribution is 9.10. The normalized spacial score (nSPS) is 12.0. The molecule has 138 valence electrons. The molecule has 4 aromatic rings. The Balaban J connectivity index is 1.66. The van der Waals surface area contributed by atoms with Gasteiger partial charge in [-0.1, -0.05) is 28.1 Å². The molecule has 0 radical (unpaired) electrons. The average molecular weight is 436 g/mol. The van der Waals surface area contributed by atoms with Gasteiger partial charge >= 0.3 is 0 Å². The lowest BCUT2D eigenvalue weighted by molar-refractivity contribution is 0.356. The Bertz CT molecular complexity index is 1230. The summed E-state index contributed by atoms with van der Waals surface area (Å²) in [6.45, 7) is -0.0877. The molecule has 0 aliphatic carbocycles. The smallest absolute Gasteiger partial charge is 0.204 e. The van der Waals surface area contributed by atoms with Crippen molar-refractivity contribution < 1.29 is 5.11 Å². The molecule has 0 aliphatic heterocycles. The molecule has 0 amide bonds. The van der Waals surface area contributed by atoms with Gasteiger partial charge in [0.1, 0.15) is 23.9 Å². The number of aromatic nitrogens is 6. The quantitative estimate of drug-likeness (QED) is 0.388. The monoisotopic (exact) mass is 435 g/mol. The summed E-state index contributed by atoms with van der Waals surface area (Å²) < 4.78 is 2.72. The van der Waals surface area contributed by atoms with Crippen LogP contribution in [-0.2, 0) is 13.6 Å². The van der Waals surface area contributed by atoms with E-state index in [0.717, 1.165) is 21.1 Å². The number of hydrogen-bond donors (Lipinski definition) is 1. The number of imidazole rings is 1. The molecule has 0 saturated carbocycles. The first-order valence-electron chi connectivity index (χ1n) is 8.34. The predicted octanol–water partition coefficient (Wildman–Crippen LogP) is 3.48. The van der Waals surface area contributed by atoms with E-state index in [1.807, 2.05) is 54.6 Å². The first-order valence-corrected chi connectivity index (χ1v) is 9.14. The van der Waals surface area contributed by atoms with Crippen molar-refractivity contribution in [2.75, 3.05) is 0 Å². The Kier molecular flexibility index (Phi) is 4.63. The molecule has 9 heteroatoms. The van der Waals surface area contributed by atoms with Crippen LogP contribution in [0.4, 0.5) is 0 Å². The molecule has 0 saturated heterocycles. The molecule has 28 heavy (non-hydrogen) atoms. The minimum absolute atomic E-state index is 0.0705. The number of nitrogens with zero attached hydrogens (tertiary/aromatic N) is 7. The van der Waals surface area contributed by atoms with E-state index < -0.39 is 0 Å². The SMILES string of the molecule is Cn1c(/C(C#N)=C(/O)Cn2nnc(-c3ccc(Br)cc3)n2)nc2ccccc21. The van der Waals surface area contributed by atoms with E-state index in [1.54, 1.807) is 11.6 Å². The van der Waals surface area contributed by atoms with Gasteiger partial charge in [0.2, 0.25) is 5.82 Å². The molecular formula is C19H14BrN7O. The van der Waals surface area contributed by atoms with Crippen LogP contribution in [0.1, 0.15) is 5.82 Å². The van der Waals surface area contributed by atoms with Crippen molar-refractivity contribution in [3.8, 4) is 17.5 Å². The maximum absolute atomic E-state index is 10.6. The van der Waals surface area contributed by atoms with Crippen molar-refractivity contribution >= 4 is 32.5 Å². The number of hydrogen-bond acceptors (Lipinski definition) is 6. The van der Waals surface area contributed by atoms with Gasteiger partial charge in [0.15, 0.2) is 5.82 Å². The molecule has 0 spiro atoms. The Hall–Kier alpha value is -3.51. The molecule has 0 aliphatic rings. The molecule has 1 N–H and O–H groups in total. The Morgan fingerprint density at radius 3 is 2.64 bits per heavy atom. The van der Waals surface area contributed by atoms with Crippen molar-refractivity contribution in [3.63, 3.8) is 0 Å². The Labute approximate surface area is 168 Å². The standard InChI is InChI=1S/C19H14BrN7O/c1-26-16-5-3-2-4-15(16)22-19(26)14(10-21)17(28)11-27-24-18(23-25-27)12-6-8-13(20)9-7-12/h2-9,28H,11H2,1H3/b17-14+. The van der Waals surface area contributed by atoms with Gasteiger partial charge in [-0.2, -0.15) is 10.1 Å². The van der Waals surface area contributed by atoms with E-state index in [-0.39, 0.29) is 17.9 Å². The van der Waals surface area contributed by atoms with Crippen molar-refractivity contribution in [2.24, 2.45) is 7.05 Å². The van der Waals surface area contributed by atoms with Gasteiger partial charge in [0, 0.05) is 17.1 Å². The van der Waals surface area contributed by atoms with Gasteiger partial charge in [-0.05, 0) is 41.6 Å². The molecule has 0 fully saturated rings. The number of allylic oxidation sites excluding steroid dienone is 2. The highest BCUT2D eigenvalue weighted by atomic mass is 79.9. The zero-order valence-corrected chi connectivity index (χ0v) is 16.4. The van der Waals surface area contributed by atoms with E-state index in [2.05, 4.69) is 36.3 Å². The minimum Gasteiger partial charge on any atom is -0.509 e. The van der Waals surface area contributed by atoms with Crippen LogP contribution >= 0.6 is 15.9 Å². The third-order valence-corrected chi connectivity index (χ3v) is 4.79. The average Bonchev–Trinajstić information content (AvgIpc) is 3.29. The second-order valence-electron chi connectivity index (χ2n) is 6.07. The van der Waals surface area contributed by atoms with Crippen LogP contribution in [0.2, 0.25) is 0 Å². The van der Waals surface area contributed by atoms with Crippen LogP contribution in [0.25, 0.3) is 28.0 Å². The summed E-state index contributed by atoms with van der Waals surface area (Å²) in [7, 11) is 1.80. The molecule has 0 atom stereocenters. The largest absolute Gasteiger partial charge is 0.509 e. The van der Waals surface area contributed by atoms with E-state index in [1.165, 1.54) is 4.80 Å². The lowest BCUT2D eigenvalue weighted by Gasteiger charge is -2.04. The van der Waals surface area contributed by atoms with E-state index >= 15 is 0 Å². The number of tetrazole rings is 1. The number of halogens is 1. The summed E-state index contributed by atoms with van der Waals surface area (Å²) in [5.74, 6) is 0.636. The number of para-hydroxylation sites is 2. The zero-order chi connectivity index (χ0) is 19.7. The Morgan fingerprint density at radius 1 is 1.18 bits per heavy atom. The van der Waals surface area contributed by atoms with Crippen molar-refractivity contribution in [2.45, 2.75) is 6.54 Å². The van der Waals surface area contributed by atoms with Crippen LogP contribution in [-0.4, -0.2) is 34.9 Å². The van der Waals surface area contributed by atoms with E-state index in [0.29, 0.717) is 11.6 Å². The van der Waals surface area contributed by atoms with Crippen LogP contribution in [0.15, 0.2) is 58.8 Å². The van der Waals surface area contributed by atoms with E-state index in [9.17, 15) is 10.4 Å². The van der Waals surface area contributed by atoms with Crippen molar-refractivity contribution in [1.82, 2.24) is 29.8 Å². The number of nitriles is 1. The van der Waals surface area contributed by atoms with Crippen LogP contribution < -0.4 is 0 Å². The molecule has 2 aromatic heterocycles. The first-order chi connectivity index (χ1) is 13.6. The lowest BCUT2D eigenvalue weighted by Crippen LogP contribution is -2.08. The molecule has 2 heterocycles. The summed E-state index contributed by atoms with van der Waals surface area (Å²) in [6, 6.07) is 17.1. The fourth-order valence-corrected chi connectivity index (χ4v) is 3.11. The molecular weight excluding hydrogens is 422 g/mol.